The molecule has 0 saturated carbocycles. The molecular formula is C18H17N3O2S. The highest BCUT2D eigenvalue weighted by Gasteiger charge is 2.21. The van der Waals surface area contributed by atoms with E-state index in [9.17, 15) is 0 Å². The van der Waals surface area contributed by atoms with Gasteiger partial charge in [-0.2, -0.15) is 9.97 Å². The van der Waals surface area contributed by atoms with E-state index in [0.29, 0.717) is 17.6 Å². The minimum Gasteiger partial charge on any atom is -0.481 e. The summed E-state index contributed by atoms with van der Waals surface area (Å²) in [6, 6.07) is 17.6. The maximum absolute atomic E-state index is 5.28. The number of pyridine rings is 1. The Kier molecular flexibility index (Phi) is 5.28. The molecule has 122 valence electrons. The van der Waals surface area contributed by atoms with E-state index in [1.807, 2.05) is 36.4 Å². The molecule has 1 unspecified atom stereocenters. The molecule has 0 spiro atoms. The molecule has 0 N–H and O–H groups in total. The quantitative estimate of drug-likeness (QED) is 0.637. The molecule has 0 aliphatic heterocycles. The fourth-order valence-corrected chi connectivity index (χ4v) is 3.21. The van der Waals surface area contributed by atoms with Crippen molar-refractivity contribution >= 4 is 11.8 Å². The molecule has 24 heavy (non-hydrogen) atoms. The Balaban J connectivity index is 2.04. The van der Waals surface area contributed by atoms with E-state index in [-0.39, 0.29) is 5.25 Å². The number of methoxy groups -OCH3 is 2. The SMILES string of the molecule is COc1cc(OC)nc(C(Sc2ccccn2)c2ccccc2)n1. The van der Waals surface area contributed by atoms with Crippen LogP contribution in [0.4, 0.5) is 0 Å². The van der Waals surface area contributed by atoms with E-state index in [4.69, 9.17) is 9.47 Å². The molecule has 6 heteroatoms. The van der Waals surface area contributed by atoms with Gasteiger partial charge in [0.1, 0.15) is 0 Å². The molecule has 0 bridgehead atoms. The Bertz CT molecular complexity index is 763. The summed E-state index contributed by atoms with van der Waals surface area (Å²) in [5.41, 5.74) is 1.09. The average molecular weight is 339 g/mol. The molecular weight excluding hydrogens is 322 g/mol. The van der Waals surface area contributed by atoms with Crippen LogP contribution in [0.5, 0.6) is 11.8 Å². The number of aromatic nitrogens is 3. The van der Waals surface area contributed by atoms with Crippen molar-refractivity contribution in [3.8, 4) is 11.8 Å². The summed E-state index contributed by atoms with van der Waals surface area (Å²) < 4.78 is 10.6. The van der Waals surface area contributed by atoms with Crippen LogP contribution in [0.25, 0.3) is 0 Å². The monoisotopic (exact) mass is 339 g/mol. The molecule has 0 radical (unpaired) electrons. The Labute approximate surface area is 145 Å². The van der Waals surface area contributed by atoms with Crippen molar-refractivity contribution in [3.05, 3.63) is 72.2 Å². The second-order valence-electron chi connectivity index (χ2n) is 4.89. The lowest BCUT2D eigenvalue weighted by molar-refractivity contribution is 0.368. The van der Waals surface area contributed by atoms with Crippen LogP contribution in [0.15, 0.2) is 65.8 Å². The first-order valence-electron chi connectivity index (χ1n) is 7.39. The molecule has 3 rings (SSSR count). The minimum atomic E-state index is -0.120. The van der Waals surface area contributed by atoms with Crippen LogP contribution < -0.4 is 9.47 Å². The van der Waals surface area contributed by atoms with Crippen molar-refractivity contribution < 1.29 is 9.47 Å². The molecule has 0 amide bonds. The van der Waals surface area contributed by atoms with E-state index in [0.717, 1.165) is 10.6 Å². The third kappa shape index (κ3) is 3.83. The van der Waals surface area contributed by atoms with Crippen LogP contribution >= 0.6 is 11.8 Å². The van der Waals surface area contributed by atoms with Gasteiger partial charge in [-0.3, -0.25) is 0 Å². The molecule has 5 nitrogen and oxygen atoms in total. The third-order valence-corrected chi connectivity index (χ3v) is 4.53. The minimum absolute atomic E-state index is 0.120. The van der Waals surface area contributed by atoms with Crippen molar-refractivity contribution in [2.75, 3.05) is 14.2 Å². The fraction of sp³-hybridized carbons (Fsp3) is 0.167. The number of benzene rings is 1. The molecule has 0 aliphatic rings. The number of thioether (sulfide) groups is 1. The largest absolute Gasteiger partial charge is 0.481 e. The number of rotatable bonds is 6. The molecule has 2 heterocycles. The van der Waals surface area contributed by atoms with E-state index < -0.39 is 0 Å². The highest BCUT2D eigenvalue weighted by atomic mass is 32.2. The second-order valence-corrected chi connectivity index (χ2v) is 6.01. The summed E-state index contributed by atoms with van der Waals surface area (Å²) in [4.78, 5) is 13.4. The summed E-state index contributed by atoms with van der Waals surface area (Å²) in [5, 5.41) is 0.779. The van der Waals surface area contributed by atoms with Crippen LogP contribution in [-0.2, 0) is 0 Å². The lowest BCUT2D eigenvalue weighted by Gasteiger charge is -2.16. The van der Waals surface area contributed by atoms with Crippen LogP contribution in [0.3, 0.4) is 0 Å². The molecule has 1 atom stereocenters. The number of hydrogen-bond donors (Lipinski definition) is 0. The first kappa shape index (κ1) is 16.3. The predicted molar refractivity (Wildman–Crippen MR) is 93.5 cm³/mol. The summed E-state index contributed by atoms with van der Waals surface area (Å²) >= 11 is 1.59. The van der Waals surface area contributed by atoms with Crippen molar-refractivity contribution in [2.45, 2.75) is 10.3 Å². The van der Waals surface area contributed by atoms with Gasteiger partial charge < -0.3 is 9.47 Å². The predicted octanol–water partition coefficient (Wildman–Crippen LogP) is 3.77. The third-order valence-electron chi connectivity index (χ3n) is 3.33. The van der Waals surface area contributed by atoms with Crippen LogP contribution in [0.2, 0.25) is 0 Å². The molecule has 1 aromatic carbocycles. The van der Waals surface area contributed by atoms with Crippen LogP contribution in [0.1, 0.15) is 16.6 Å². The standard InChI is InChI=1S/C18H17N3O2S/c1-22-14-12-15(23-2)21-18(20-14)17(13-8-4-3-5-9-13)24-16-10-6-7-11-19-16/h3-12,17H,1-2H3. The van der Waals surface area contributed by atoms with Gasteiger partial charge in [0.2, 0.25) is 11.8 Å². The number of nitrogens with zero attached hydrogens (tertiary/aromatic N) is 3. The Morgan fingerprint density at radius 2 is 1.54 bits per heavy atom. The van der Waals surface area contributed by atoms with Gasteiger partial charge in [0, 0.05) is 6.20 Å². The Morgan fingerprint density at radius 3 is 2.12 bits per heavy atom. The molecule has 0 saturated heterocycles. The van der Waals surface area contributed by atoms with Gasteiger partial charge in [-0.25, -0.2) is 4.98 Å². The zero-order valence-corrected chi connectivity index (χ0v) is 14.2. The summed E-state index contributed by atoms with van der Waals surface area (Å²) in [5.74, 6) is 1.56. The number of hydrogen-bond acceptors (Lipinski definition) is 6. The Hall–Kier alpha value is -2.60. The maximum atomic E-state index is 5.28. The lowest BCUT2D eigenvalue weighted by Crippen LogP contribution is -2.06. The molecule has 2 aromatic heterocycles. The van der Waals surface area contributed by atoms with E-state index >= 15 is 0 Å². The molecule has 0 fully saturated rings. The van der Waals surface area contributed by atoms with E-state index in [1.54, 1.807) is 38.2 Å². The zero-order valence-electron chi connectivity index (χ0n) is 13.4. The smallest absolute Gasteiger partial charge is 0.220 e. The zero-order chi connectivity index (χ0) is 16.8. The molecule has 3 aromatic rings. The fourth-order valence-electron chi connectivity index (χ4n) is 2.18. The van der Waals surface area contributed by atoms with Gasteiger partial charge in [0.25, 0.3) is 0 Å². The van der Waals surface area contributed by atoms with Crippen molar-refractivity contribution in [1.29, 1.82) is 0 Å². The first-order valence-corrected chi connectivity index (χ1v) is 8.27. The highest BCUT2D eigenvalue weighted by Crippen LogP contribution is 2.39. The second kappa shape index (κ2) is 7.79. The average Bonchev–Trinajstić information content (AvgIpc) is 2.67. The van der Waals surface area contributed by atoms with E-state index in [2.05, 4.69) is 27.1 Å². The van der Waals surface area contributed by atoms with Crippen molar-refractivity contribution in [1.82, 2.24) is 15.0 Å². The topological polar surface area (TPSA) is 57.1 Å². The summed E-state index contributed by atoms with van der Waals surface area (Å²) in [7, 11) is 3.16. The van der Waals surface area contributed by atoms with Gasteiger partial charge in [-0.15, -0.1) is 0 Å². The molecule has 0 aliphatic carbocycles. The van der Waals surface area contributed by atoms with E-state index in [1.165, 1.54) is 0 Å². The van der Waals surface area contributed by atoms with Gasteiger partial charge in [0.05, 0.1) is 30.6 Å². The van der Waals surface area contributed by atoms with Gasteiger partial charge in [-0.05, 0) is 17.7 Å². The van der Waals surface area contributed by atoms with Gasteiger partial charge in [-0.1, -0.05) is 48.2 Å². The van der Waals surface area contributed by atoms with Crippen LogP contribution in [0, 0.1) is 0 Å². The maximum Gasteiger partial charge on any atom is 0.220 e. The highest BCUT2D eigenvalue weighted by molar-refractivity contribution is 7.99. The van der Waals surface area contributed by atoms with Gasteiger partial charge >= 0.3 is 0 Å². The number of ether oxygens (including phenoxy) is 2. The van der Waals surface area contributed by atoms with Crippen LogP contribution in [-0.4, -0.2) is 29.2 Å². The summed E-state index contributed by atoms with van der Waals surface area (Å²) in [6.07, 6.45) is 1.78. The normalized spacial score (nSPS) is 11.8. The van der Waals surface area contributed by atoms with Crippen molar-refractivity contribution in [2.24, 2.45) is 0 Å². The van der Waals surface area contributed by atoms with Crippen molar-refractivity contribution in [3.63, 3.8) is 0 Å². The van der Waals surface area contributed by atoms with Gasteiger partial charge in [0.15, 0.2) is 5.82 Å². The summed E-state index contributed by atoms with van der Waals surface area (Å²) in [6.45, 7) is 0. The Morgan fingerprint density at radius 1 is 0.875 bits per heavy atom. The lowest BCUT2D eigenvalue weighted by atomic mass is 10.1. The first-order chi connectivity index (χ1) is 11.8.